The van der Waals surface area contributed by atoms with Gasteiger partial charge in [0.25, 0.3) is 0 Å². The summed E-state index contributed by atoms with van der Waals surface area (Å²) in [6.45, 7) is 0. The molecule has 0 aromatic heterocycles. The van der Waals surface area contributed by atoms with Crippen molar-refractivity contribution in [3.05, 3.63) is 36.0 Å². The second-order valence-corrected chi connectivity index (χ2v) is 4.11. The minimum atomic E-state index is 0.188. The van der Waals surface area contributed by atoms with E-state index in [1.807, 2.05) is 31.3 Å². The molecule has 4 heteroatoms. The lowest BCUT2D eigenvalue weighted by molar-refractivity contribution is 0.407. The monoisotopic (exact) mass is 237 g/mol. The molecule has 0 atom stereocenters. The molecule has 0 heterocycles. The molecule has 0 saturated carbocycles. The number of hydrogen-bond acceptors (Lipinski definition) is 3. The van der Waals surface area contributed by atoms with E-state index in [0.717, 1.165) is 10.9 Å². The number of methoxy groups -OCH3 is 1. The minimum absolute atomic E-state index is 0.188. The van der Waals surface area contributed by atoms with E-state index in [9.17, 15) is 5.11 Å². The quantitative estimate of drug-likeness (QED) is 0.814. The van der Waals surface area contributed by atoms with Crippen molar-refractivity contribution in [3.8, 4) is 11.5 Å². The number of rotatable bonds is 4. The molecule has 0 radical (unpaired) electrons. The first-order valence-electron chi connectivity index (χ1n) is 4.85. The predicted molar refractivity (Wildman–Crippen MR) is 69.9 cm³/mol. The molecule has 86 valence electrons. The first-order valence-corrected chi connectivity index (χ1v) is 5.35. The predicted octanol–water partition coefficient (Wildman–Crippen LogP) is 2.14. The van der Waals surface area contributed by atoms with Crippen LogP contribution in [0.4, 0.5) is 0 Å². The standard InChI is InChI=1S/C12H16NO2P/c1-13(2)7-6-12(16)10-5-4-9(15-3)8-11(10)14/h4-8,14,16H,1-3H3/b7-6+. The number of aromatic hydroxyl groups is 1. The van der Waals surface area contributed by atoms with E-state index in [4.69, 9.17) is 4.74 Å². The van der Waals surface area contributed by atoms with Gasteiger partial charge in [-0.3, -0.25) is 0 Å². The van der Waals surface area contributed by atoms with E-state index in [0.29, 0.717) is 5.75 Å². The summed E-state index contributed by atoms with van der Waals surface area (Å²) in [6, 6.07) is 5.19. The first-order chi connectivity index (χ1) is 7.54. The zero-order valence-corrected chi connectivity index (χ0v) is 10.7. The van der Waals surface area contributed by atoms with E-state index >= 15 is 0 Å². The fourth-order valence-electron chi connectivity index (χ4n) is 1.18. The molecule has 1 rings (SSSR count). The van der Waals surface area contributed by atoms with Gasteiger partial charge in [0.1, 0.15) is 11.5 Å². The summed E-state index contributed by atoms with van der Waals surface area (Å²) in [4.78, 5) is 1.92. The molecule has 1 aromatic carbocycles. The van der Waals surface area contributed by atoms with E-state index in [-0.39, 0.29) is 5.75 Å². The Balaban J connectivity index is 2.92. The van der Waals surface area contributed by atoms with Crippen LogP contribution in [0.25, 0.3) is 0 Å². The maximum absolute atomic E-state index is 9.78. The third kappa shape index (κ3) is 3.28. The molecule has 0 amide bonds. The van der Waals surface area contributed by atoms with Gasteiger partial charge in [-0.05, 0) is 24.4 Å². The lowest BCUT2D eigenvalue weighted by Crippen LogP contribution is -2.02. The summed E-state index contributed by atoms with van der Waals surface area (Å²) in [7, 11) is 8.91. The van der Waals surface area contributed by atoms with Crippen molar-refractivity contribution in [1.82, 2.24) is 4.90 Å². The van der Waals surface area contributed by atoms with Gasteiger partial charge < -0.3 is 14.7 Å². The molecule has 0 aliphatic heterocycles. The summed E-state index contributed by atoms with van der Waals surface area (Å²) >= 11 is 0. The van der Waals surface area contributed by atoms with Gasteiger partial charge in [0.2, 0.25) is 0 Å². The zero-order valence-electron chi connectivity index (χ0n) is 9.69. The molecular weight excluding hydrogens is 221 g/mol. The number of nitrogens with zero attached hydrogens (tertiary/aromatic N) is 1. The molecule has 1 N–H and O–H groups in total. The fraction of sp³-hybridized carbons (Fsp3) is 0.250. The van der Waals surface area contributed by atoms with Crippen molar-refractivity contribution < 1.29 is 9.84 Å². The van der Waals surface area contributed by atoms with Gasteiger partial charge in [-0.1, -0.05) is 0 Å². The molecule has 0 bridgehead atoms. The van der Waals surface area contributed by atoms with E-state index < -0.39 is 0 Å². The highest BCUT2D eigenvalue weighted by Crippen LogP contribution is 2.24. The van der Waals surface area contributed by atoms with Crippen molar-refractivity contribution in [2.45, 2.75) is 0 Å². The van der Waals surface area contributed by atoms with Gasteiger partial charge in [-0.2, -0.15) is 0 Å². The largest absolute Gasteiger partial charge is 0.507 e. The molecule has 0 fully saturated rings. The first kappa shape index (κ1) is 12.6. The lowest BCUT2D eigenvalue weighted by atomic mass is 10.1. The maximum Gasteiger partial charge on any atom is 0.127 e. The molecule has 0 aliphatic rings. The third-order valence-corrected chi connectivity index (χ3v) is 2.47. The van der Waals surface area contributed by atoms with Crippen molar-refractivity contribution in [2.75, 3.05) is 21.2 Å². The van der Waals surface area contributed by atoms with Crippen molar-refractivity contribution in [3.63, 3.8) is 0 Å². The highest BCUT2D eigenvalue weighted by molar-refractivity contribution is 7.23. The molecule has 0 spiro atoms. The fourth-order valence-corrected chi connectivity index (χ4v) is 1.47. The molecule has 16 heavy (non-hydrogen) atoms. The van der Waals surface area contributed by atoms with Crippen LogP contribution in [0.2, 0.25) is 0 Å². The number of benzene rings is 1. The smallest absolute Gasteiger partial charge is 0.127 e. The van der Waals surface area contributed by atoms with Crippen LogP contribution in [0.1, 0.15) is 5.56 Å². The van der Waals surface area contributed by atoms with Crippen LogP contribution in [-0.4, -0.2) is 36.5 Å². The van der Waals surface area contributed by atoms with Gasteiger partial charge in [-0.15, -0.1) is 8.86 Å². The summed E-state index contributed by atoms with van der Waals surface area (Å²) in [6.07, 6.45) is 3.77. The Morgan fingerprint density at radius 3 is 2.62 bits per heavy atom. The van der Waals surface area contributed by atoms with Gasteiger partial charge in [0, 0.05) is 31.0 Å². The number of phenolic OH excluding ortho intramolecular Hbond substituents is 1. The van der Waals surface area contributed by atoms with Gasteiger partial charge in [0.05, 0.1) is 7.11 Å². The summed E-state index contributed by atoms with van der Waals surface area (Å²) in [5.41, 5.74) is 0.732. The van der Waals surface area contributed by atoms with Crippen LogP contribution >= 0.6 is 8.86 Å². The second kappa shape index (κ2) is 5.57. The lowest BCUT2D eigenvalue weighted by Gasteiger charge is -2.08. The highest BCUT2D eigenvalue weighted by atomic mass is 31.0. The van der Waals surface area contributed by atoms with Crippen molar-refractivity contribution in [1.29, 1.82) is 0 Å². The van der Waals surface area contributed by atoms with Crippen LogP contribution < -0.4 is 4.74 Å². The SMILES string of the molecule is COc1ccc(C(=P)/C=C/N(C)C)c(O)c1. The molecule has 0 unspecified atom stereocenters. The number of allylic oxidation sites excluding steroid dienone is 1. The Labute approximate surface area is 98.2 Å². The maximum atomic E-state index is 9.78. The minimum Gasteiger partial charge on any atom is -0.507 e. The average molecular weight is 237 g/mol. The topological polar surface area (TPSA) is 32.7 Å². The molecule has 0 aliphatic carbocycles. The van der Waals surface area contributed by atoms with Crippen LogP contribution in [-0.2, 0) is 0 Å². The van der Waals surface area contributed by atoms with Gasteiger partial charge >= 0.3 is 0 Å². The normalized spacial score (nSPS) is 10.4. The van der Waals surface area contributed by atoms with Crippen LogP contribution in [0.15, 0.2) is 30.5 Å². The second-order valence-electron chi connectivity index (χ2n) is 3.58. The summed E-state index contributed by atoms with van der Waals surface area (Å²) in [5, 5.41) is 10.6. The van der Waals surface area contributed by atoms with Crippen LogP contribution in [0.5, 0.6) is 11.5 Å². The zero-order chi connectivity index (χ0) is 12.1. The number of ether oxygens (including phenoxy) is 1. The molecule has 1 aromatic rings. The Hall–Kier alpha value is -1.47. The van der Waals surface area contributed by atoms with Gasteiger partial charge in [-0.25, -0.2) is 0 Å². The van der Waals surface area contributed by atoms with Crippen LogP contribution in [0.3, 0.4) is 0 Å². The molecular formula is C12H16NO2P. The van der Waals surface area contributed by atoms with Crippen molar-refractivity contribution >= 4 is 14.2 Å². The van der Waals surface area contributed by atoms with E-state index in [2.05, 4.69) is 8.86 Å². The third-order valence-electron chi connectivity index (χ3n) is 2.03. The Morgan fingerprint density at radius 1 is 1.44 bits per heavy atom. The molecule has 0 saturated heterocycles. The van der Waals surface area contributed by atoms with E-state index in [1.54, 1.807) is 25.3 Å². The number of phenols is 1. The summed E-state index contributed by atoms with van der Waals surface area (Å²) in [5.74, 6) is 0.824. The summed E-state index contributed by atoms with van der Waals surface area (Å²) < 4.78 is 5.02. The van der Waals surface area contributed by atoms with Gasteiger partial charge in [0.15, 0.2) is 0 Å². The Kier molecular flexibility index (Phi) is 4.39. The average Bonchev–Trinajstić information content (AvgIpc) is 2.25. The Bertz CT molecular complexity index is 413. The van der Waals surface area contributed by atoms with Crippen molar-refractivity contribution in [2.24, 2.45) is 0 Å². The molecule has 3 nitrogen and oxygen atoms in total. The van der Waals surface area contributed by atoms with Crippen LogP contribution in [0, 0.1) is 0 Å². The Morgan fingerprint density at radius 2 is 2.12 bits per heavy atom. The van der Waals surface area contributed by atoms with E-state index in [1.165, 1.54) is 0 Å². The highest BCUT2D eigenvalue weighted by Gasteiger charge is 2.04. The number of hydrogen-bond donors (Lipinski definition) is 1.